The summed E-state index contributed by atoms with van der Waals surface area (Å²) in [5.74, 6) is -1.15. The van der Waals surface area contributed by atoms with Crippen LogP contribution in [0.2, 0.25) is 0 Å². The third kappa shape index (κ3) is 2.87. The van der Waals surface area contributed by atoms with E-state index in [9.17, 15) is 14.4 Å². The maximum Gasteiger partial charge on any atom is 0.297 e. The molecule has 0 fully saturated rings. The summed E-state index contributed by atoms with van der Waals surface area (Å²) >= 11 is 1.23. The van der Waals surface area contributed by atoms with E-state index in [1.54, 1.807) is 41.3 Å². The van der Waals surface area contributed by atoms with Gasteiger partial charge in [-0.15, -0.1) is 10.2 Å². The summed E-state index contributed by atoms with van der Waals surface area (Å²) in [6, 6.07) is 23.7. The molecular formula is C29H20N4O4S. The lowest BCUT2D eigenvalue weighted by Crippen LogP contribution is -2.53. The van der Waals surface area contributed by atoms with E-state index in [1.165, 1.54) is 16.2 Å². The molecule has 0 saturated carbocycles. The van der Waals surface area contributed by atoms with Gasteiger partial charge in [-0.3, -0.25) is 19.3 Å². The predicted molar refractivity (Wildman–Crippen MR) is 143 cm³/mol. The summed E-state index contributed by atoms with van der Waals surface area (Å²) < 4.78 is 6.08. The number of carbonyl (C=O) groups is 2. The molecule has 0 aliphatic carbocycles. The van der Waals surface area contributed by atoms with Gasteiger partial charge in [0.25, 0.3) is 11.8 Å². The van der Waals surface area contributed by atoms with Crippen LogP contribution >= 0.6 is 11.3 Å². The quantitative estimate of drug-likeness (QED) is 0.342. The van der Waals surface area contributed by atoms with Crippen LogP contribution in [-0.2, 0) is 23.3 Å². The molecule has 1 unspecified atom stereocenters. The minimum absolute atomic E-state index is 0.0162. The maximum atomic E-state index is 14.8. The Labute approximate surface area is 220 Å². The van der Waals surface area contributed by atoms with Gasteiger partial charge in [0.15, 0.2) is 11.0 Å². The van der Waals surface area contributed by atoms with Crippen LogP contribution in [0.5, 0.6) is 0 Å². The number of amides is 2. The van der Waals surface area contributed by atoms with Crippen molar-refractivity contribution in [1.82, 2.24) is 10.2 Å². The van der Waals surface area contributed by atoms with Crippen LogP contribution in [0.3, 0.4) is 0 Å². The van der Waals surface area contributed by atoms with Gasteiger partial charge in [0, 0.05) is 5.56 Å². The fourth-order valence-electron chi connectivity index (χ4n) is 5.51. The molecule has 2 aliphatic heterocycles. The first-order chi connectivity index (χ1) is 18.6. The minimum Gasteiger partial charge on any atom is -0.450 e. The number of aryl methyl sites for hydroxylation is 1. The molecule has 0 bridgehead atoms. The highest BCUT2D eigenvalue weighted by atomic mass is 32.1. The standard InChI is InChI=1S/C29H20N4O4S/c1-2-22-30-31-28(38-22)33-26(35)25-23(24(34)18-12-6-9-15-21(18)37-25)29(33)19-13-7-8-14-20(19)32(27(29)36)16-17-10-4-3-5-11-17/h3-15H,2,16H2,1H3. The number of aromatic nitrogens is 2. The largest absolute Gasteiger partial charge is 0.450 e. The lowest BCUT2D eigenvalue weighted by Gasteiger charge is -2.32. The molecule has 8 nitrogen and oxygen atoms in total. The number of rotatable bonds is 4. The smallest absolute Gasteiger partial charge is 0.297 e. The Morgan fingerprint density at radius 3 is 2.42 bits per heavy atom. The second-order valence-electron chi connectivity index (χ2n) is 9.21. The molecule has 2 aliphatic rings. The van der Waals surface area contributed by atoms with Gasteiger partial charge in [-0.05, 0) is 30.2 Å². The monoisotopic (exact) mass is 520 g/mol. The second kappa shape index (κ2) is 8.19. The van der Waals surface area contributed by atoms with Crippen LogP contribution in [0.1, 0.15) is 39.2 Å². The summed E-state index contributed by atoms with van der Waals surface area (Å²) in [6.07, 6.45) is 0.616. The lowest BCUT2D eigenvalue weighted by molar-refractivity contribution is -0.121. The van der Waals surface area contributed by atoms with Crippen molar-refractivity contribution in [1.29, 1.82) is 0 Å². The first-order valence-corrected chi connectivity index (χ1v) is 13.1. The van der Waals surface area contributed by atoms with E-state index >= 15 is 0 Å². The molecule has 1 atom stereocenters. The van der Waals surface area contributed by atoms with Crippen molar-refractivity contribution in [2.75, 3.05) is 9.80 Å². The first-order valence-electron chi connectivity index (χ1n) is 12.2. The fraction of sp³-hybridized carbons (Fsp3) is 0.138. The number of hydrogen-bond donors (Lipinski definition) is 0. The molecule has 2 aromatic heterocycles. The topological polar surface area (TPSA) is 96.6 Å². The first kappa shape index (κ1) is 22.6. The van der Waals surface area contributed by atoms with Crippen molar-refractivity contribution >= 4 is 44.9 Å². The fourth-order valence-corrected chi connectivity index (χ4v) is 6.34. The Hall–Kier alpha value is -4.63. The number of nitrogens with zero attached hydrogens (tertiary/aromatic N) is 4. The molecule has 38 heavy (non-hydrogen) atoms. The van der Waals surface area contributed by atoms with E-state index in [-0.39, 0.29) is 28.6 Å². The van der Waals surface area contributed by atoms with Crippen LogP contribution in [0.25, 0.3) is 11.0 Å². The molecule has 3 aromatic carbocycles. The number of hydrogen-bond acceptors (Lipinski definition) is 7. The van der Waals surface area contributed by atoms with Crippen molar-refractivity contribution in [2.24, 2.45) is 0 Å². The third-order valence-corrected chi connectivity index (χ3v) is 8.22. The predicted octanol–water partition coefficient (Wildman–Crippen LogP) is 4.66. The highest BCUT2D eigenvalue weighted by molar-refractivity contribution is 7.15. The molecular weight excluding hydrogens is 500 g/mol. The van der Waals surface area contributed by atoms with E-state index in [0.717, 1.165) is 5.56 Å². The molecule has 0 radical (unpaired) electrons. The molecule has 186 valence electrons. The molecule has 2 amide bonds. The van der Waals surface area contributed by atoms with E-state index in [2.05, 4.69) is 10.2 Å². The van der Waals surface area contributed by atoms with Crippen LogP contribution in [0, 0.1) is 0 Å². The molecule has 5 aromatic rings. The molecule has 1 spiro atoms. The molecule has 4 heterocycles. The van der Waals surface area contributed by atoms with E-state index < -0.39 is 22.8 Å². The SMILES string of the molecule is CCc1nnc(N2C(=O)c3oc4ccccc4c(=O)c3C23C(=O)N(Cc2ccccc2)c2ccccc23)s1. The molecule has 7 rings (SSSR count). The Morgan fingerprint density at radius 1 is 0.895 bits per heavy atom. The molecule has 9 heteroatoms. The van der Waals surface area contributed by atoms with Gasteiger partial charge in [0.05, 0.1) is 23.2 Å². The van der Waals surface area contributed by atoms with E-state index in [1.807, 2.05) is 49.4 Å². The van der Waals surface area contributed by atoms with Gasteiger partial charge in [-0.1, -0.05) is 78.9 Å². The Balaban J connectivity index is 1.56. The van der Waals surface area contributed by atoms with E-state index in [0.29, 0.717) is 28.1 Å². The molecule has 0 N–H and O–H groups in total. The summed E-state index contributed by atoms with van der Waals surface area (Å²) in [7, 11) is 0. The third-order valence-electron chi connectivity index (χ3n) is 7.17. The van der Waals surface area contributed by atoms with E-state index in [4.69, 9.17) is 4.42 Å². The number of para-hydroxylation sites is 2. The molecule has 0 saturated heterocycles. The highest BCUT2D eigenvalue weighted by Crippen LogP contribution is 2.54. The zero-order chi connectivity index (χ0) is 26.0. The van der Waals surface area contributed by atoms with Crippen molar-refractivity contribution in [3.63, 3.8) is 0 Å². The van der Waals surface area contributed by atoms with Crippen LogP contribution in [0.15, 0.2) is 88.1 Å². The van der Waals surface area contributed by atoms with Crippen molar-refractivity contribution in [2.45, 2.75) is 25.4 Å². The van der Waals surface area contributed by atoms with Crippen molar-refractivity contribution < 1.29 is 14.0 Å². The van der Waals surface area contributed by atoms with Gasteiger partial charge in [-0.25, -0.2) is 0 Å². The highest BCUT2D eigenvalue weighted by Gasteiger charge is 2.66. The maximum absolute atomic E-state index is 14.8. The summed E-state index contributed by atoms with van der Waals surface area (Å²) in [5.41, 5.74) is 0.188. The average Bonchev–Trinajstić information content (AvgIpc) is 3.59. The Morgan fingerprint density at radius 2 is 1.63 bits per heavy atom. The number of anilines is 2. The van der Waals surface area contributed by atoms with Crippen LogP contribution in [-0.4, -0.2) is 22.0 Å². The summed E-state index contributed by atoms with van der Waals surface area (Å²) in [4.78, 5) is 46.0. The van der Waals surface area contributed by atoms with Gasteiger partial charge < -0.3 is 9.32 Å². The number of fused-ring (bicyclic) bond motifs is 5. The average molecular weight is 521 g/mol. The normalized spacial score (nSPS) is 18.0. The zero-order valence-corrected chi connectivity index (χ0v) is 21.1. The van der Waals surface area contributed by atoms with Crippen molar-refractivity contribution in [3.05, 3.63) is 117 Å². The summed E-state index contributed by atoms with van der Waals surface area (Å²) in [5, 5.41) is 9.77. The van der Waals surface area contributed by atoms with Gasteiger partial charge in [0.2, 0.25) is 10.9 Å². The Kier molecular flexibility index (Phi) is 4.86. The zero-order valence-electron chi connectivity index (χ0n) is 20.2. The van der Waals surface area contributed by atoms with Gasteiger partial charge in [0.1, 0.15) is 10.6 Å². The number of benzene rings is 3. The Bertz CT molecular complexity index is 1830. The van der Waals surface area contributed by atoms with Gasteiger partial charge >= 0.3 is 0 Å². The van der Waals surface area contributed by atoms with Crippen LogP contribution in [0.4, 0.5) is 10.8 Å². The summed E-state index contributed by atoms with van der Waals surface area (Å²) in [6.45, 7) is 2.21. The number of carbonyl (C=O) groups excluding carboxylic acids is 2. The second-order valence-corrected chi connectivity index (χ2v) is 10.2. The minimum atomic E-state index is -1.77. The van der Waals surface area contributed by atoms with Crippen molar-refractivity contribution in [3.8, 4) is 0 Å². The van der Waals surface area contributed by atoms with Gasteiger partial charge in [-0.2, -0.15) is 0 Å². The van der Waals surface area contributed by atoms with Crippen LogP contribution < -0.4 is 15.2 Å². The lowest BCUT2D eigenvalue weighted by atomic mass is 9.84.